The van der Waals surface area contributed by atoms with Gasteiger partial charge in [0.2, 0.25) is 0 Å². The van der Waals surface area contributed by atoms with Crippen molar-refractivity contribution in [2.45, 2.75) is 39.7 Å². The predicted molar refractivity (Wildman–Crippen MR) is 64.4 cm³/mol. The van der Waals surface area contributed by atoms with Crippen LogP contribution in [0.5, 0.6) is 0 Å². The van der Waals surface area contributed by atoms with E-state index in [4.69, 9.17) is 9.47 Å². The molecule has 0 saturated heterocycles. The largest absolute Gasteiger partial charge is 0.463 e. The predicted octanol–water partition coefficient (Wildman–Crippen LogP) is 2.01. The van der Waals surface area contributed by atoms with Crippen molar-refractivity contribution < 1.29 is 19.1 Å². The van der Waals surface area contributed by atoms with E-state index < -0.39 is 0 Å². The van der Waals surface area contributed by atoms with E-state index in [2.05, 4.69) is 6.92 Å². The van der Waals surface area contributed by atoms with Gasteiger partial charge in [0.05, 0.1) is 18.5 Å². The zero-order chi connectivity index (χ0) is 12.4. The molecular formula is C11H20O4S. The first-order valence-corrected chi connectivity index (χ1v) is 6.56. The van der Waals surface area contributed by atoms with Gasteiger partial charge in [-0.25, -0.2) is 0 Å². The first-order chi connectivity index (χ1) is 7.56. The summed E-state index contributed by atoms with van der Waals surface area (Å²) in [7, 11) is 0. The minimum absolute atomic E-state index is 0.000550. The average molecular weight is 248 g/mol. The molecule has 0 aliphatic carbocycles. The molecule has 0 amide bonds. The van der Waals surface area contributed by atoms with Crippen molar-refractivity contribution >= 4 is 23.5 Å². The summed E-state index contributed by atoms with van der Waals surface area (Å²) in [4.78, 5) is 21.8. The molecule has 0 aromatic rings. The van der Waals surface area contributed by atoms with E-state index in [1.807, 2.05) is 6.92 Å². The lowest BCUT2D eigenvalue weighted by Gasteiger charge is -2.12. The van der Waals surface area contributed by atoms with Crippen LogP contribution in [0.15, 0.2) is 0 Å². The SMILES string of the molecule is CCSCO[C@H](C)COC(=O)CCC(C)=O. The third-order valence-electron chi connectivity index (χ3n) is 1.80. The average Bonchev–Trinajstić information content (AvgIpc) is 2.24. The number of hydrogen-bond donors (Lipinski definition) is 0. The minimum Gasteiger partial charge on any atom is -0.463 e. The van der Waals surface area contributed by atoms with Crippen LogP contribution >= 0.6 is 11.8 Å². The van der Waals surface area contributed by atoms with Crippen molar-refractivity contribution in [1.82, 2.24) is 0 Å². The van der Waals surface area contributed by atoms with Crippen LogP contribution in [0.3, 0.4) is 0 Å². The summed E-state index contributed by atoms with van der Waals surface area (Å²) >= 11 is 1.68. The first kappa shape index (κ1) is 15.4. The number of hydrogen-bond acceptors (Lipinski definition) is 5. The molecule has 0 aromatic carbocycles. The second-order valence-electron chi connectivity index (χ2n) is 3.47. The molecule has 94 valence electrons. The molecular weight excluding hydrogens is 228 g/mol. The van der Waals surface area contributed by atoms with Crippen LogP contribution < -0.4 is 0 Å². The molecule has 0 fully saturated rings. The van der Waals surface area contributed by atoms with Crippen LogP contribution in [0.25, 0.3) is 0 Å². The summed E-state index contributed by atoms with van der Waals surface area (Å²) in [5, 5.41) is 0. The zero-order valence-corrected chi connectivity index (χ0v) is 11.0. The summed E-state index contributed by atoms with van der Waals surface area (Å²) in [5.74, 6) is 1.28. The highest BCUT2D eigenvalue weighted by Gasteiger charge is 2.08. The highest BCUT2D eigenvalue weighted by atomic mass is 32.2. The second kappa shape index (κ2) is 9.66. The molecule has 0 N–H and O–H groups in total. The number of ether oxygens (including phenoxy) is 2. The molecule has 4 nitrogen and oxygen atoms in total. The molecule has 0 radical (unpaired) electrons. The number of carbonyl (C=O) groups excluding carboxylic acids is 2. The third-order valence-corrected chi connectivity index (χ3v) is 2.51. The summed E-state index contributed by atoms with van der Waals surface area (Å²) in [6.45, 7) is 5.62. The van der Waals surface area contributed by atoms with E-state index in [0.717, 1.165) is 5.75 Å². The number of ketones is 1. The Hall–Kier alpha value is -0.550. The molecule has 0 heterocycles. The van der Waals surface area contributed by atoms with Gasteiger partial charge in [-0.1, -0.05) is 6.92 Å². The molecule has 16 heavy (non-hydrogen) atoms. The van der Waals surface area contributed by atoms with E-state index in [9.17, 15) is 9.59 Å². The van der Waals surface area contributed by atoms with E-state index in [1.54, 1.807) is 11.8 Å². The number of Topliss-reactive ketones (excluding diaryl/α,β-unsaturated/α-hetero) is 1. The molecule has 0 aliphatic heterocycles. The Morgan fingerprint density at radius 3 is 2.56 bits per heavy atom. The molecule has 0 unspecified atom stereocenters. The van der Waals surface area contributed by atoms with Crippen molar-refractivity contribution in [1.29, 1.82) is 0 Å². The lowest BCUT2D eigenvalue weighted by Crippen LogP contribution is -2.19. The topological polar surface area (TPSA) is 52.6 Å². The highest BCUT2D eigenvalue weighted by Crippen LogP contribution is 2.03. The van der Waals surface area contributed by atoms with Crippen LogP contribution in [0.2, 0.25) is 0 Å². The van der Waals surface area contributed by atoms with Crippen molar-refractivity contribution in [3.63, 3.8) is 0 Å². The monoisotopic (exact) mass is 248 g/mol. The van der Waals surface area contributed by atoms with Crippen molar-refractivity contribution in [2.75, 3.05) is 18.3 Å². The van der Waals surface area contributed by atoms with Gasteiger partial charge >= 0.3 is 5.97 Å². The van der Waals surface area contributed by atoms with E-state index in [-0.39, 0.29) is 37.3 Å². The highest BCUT2D eigenvalue weighted by molar-refractivity contribution is 7.99. The molecule has 0 saturated carbocycles. The first-order valence-electron chi connectivity index (χ1n) is 5.40. The fourth-order valence-corrected chi connectivity index (χ4v) is 1.35. The molecule has 5 heteroatoms. The molecule has 0 spiro atoms. The second-order valence-corrected chi connectivity index (χ2v) is 4.69. The standard InChI is InChI=1S/C11H20O4S/c1-4-16-8-15-10(3)7-14-11(13)6-5-9(2)12/h10H,4-8H2,1-3H3/t10-/m1/s1. The molecule has 1 atom stereocenters. The van der Waals surface area contributed by atoms with Crippen molar-refractivity contribution in [3.05, 3.63) is 0 Å². The van der Waals surface area contributed by atoms with Crippen molar-refractivity contribution in [3.8, 4) is 0 Å². The Balaban J connectivity index is 3.47. The summed E-state index contributed by atoms with van der Waals surface area (Å²) in [5.41, 5.74) is 0. The van der Waals surface area contributed by atoms with Crippen LogP contribution in [0.4, 0.5) is 0 Å². The Kier molecular flexibility index (Phi) is 9.33. The van der Waals surface area contributed by atoms with Gasteiger partial charge in [0, 0.05) is 6.42 Å². The zero-order valence-electron chi connectivity index (χ0n) is 10.2. The maximum atomic E-state index is 11.1. The fourth-order valence-electron chi connectivity index (χ4n) is 0.856. The van der Waals surface area contributed by atoms with Gasteiger partial charge in [0.25, 0.3) is 0 Å². The number of rotatable bonds is 9. The third kappa shape index (κ3) is 9.98. The molecule has 0 aliphatic rings. The number of thioether (sulfide) groups is 1. The number of esters is 1. The number of carbonyl (C=O) groups is 2. The quantitative estimate of drug-likeness (QED) is 0.355. The van der Waals surface area contributed by atoms with Crippen LogP contribution in [0, 0.1) is 0 Å². The Labute approximate surface area is 101 Å². The normalized spacial score (nSPS) is 12.2. The lowest BCUT2D eigenvalue weighted by atomic mass is 10.2. The van der Waals surface area contributed by atoms with Gasteiger partial charge in [0.1, 0.15) is 12.4 Å². The minimum atomic E-state index is -0.339. The molecule has 0 aromatic heterocycles. The van der Waals surface area contributed by atoms with Crippen LogP contribution in [0.1, 0.15) is 33.6 Å². The van der Waals surface area contributed by atoms with Gasteiger partial charge in [-0.3, -0.25) is 4.79 Å². The van der Waals surface area contributed by atoms with E-state index >= 15 is 0 Å². The van der Waals surface area contributed by atoms with E-state index in [1.165, 1.54) is 6.92 Å². The lowest BCUT2D eigenvalue weighted by molar-refractivity contribution is -0.147. The maximum absolute atomic E-state index is 11.1. The van der Waals surface area contributed by atoms with Gasteiger partial charge < -0.3 is 14.3 Å². The molecule has 0 rings (SSSR count). The van der Waals surface area contributed by atoms with Gasteiger partial charge in [-0.05, 0) is 19.6 Å². The van der Waals surface area contributed by atoms with Crippen molar-refractivity contribution in [2.24, 2.45) is 0 Å². The Morgan fingerprint density at radius 1 is 1.31 bits per heavy atom. The fraction of sp³-hybridized carbons (Fsp3) is 0.818. The maximum Gasteiger partial charge on any atom is 0.306 e. The smallest absolute Gasteiger partial charge is 0.306 e. The van der Waals surface area contributed by atoms with Crippen LogP contribution in [-0.2, 0) is 19.1 Å². The summed E-state index contributed by atoms with van der Waals surface area (Å²) in [6.07, 6.45) is 0.311. The van der Waals surface area contributed by atoms with Gasteiger partial charge in [-0.15, -0.1) is 11.8 Å². The van der Waals surface area contributed by atoms with Gasteiger partial charge in [0.15, 0.2) is 0 Å². The van der Waals surface area contributed by atoms with Gasteiger partial charge in [-0.2, -0.15) is 0 Å². The molecule has 0 bridgehead atoms. The summed E-state index contributed by atoms with van der Waals surface area (Å²) < 4.78 is 10.3. The Bertz CT molecular complexity index is 218. The van der Waals surface area contributed by atoms with Crippen LogP contribution in [-0.4, -0.2) is 36.2 Å². The van der Waals surface area contributed by atoms with E-state index in [0.29, 0.717) is 5.94 Å². The Morgan fingerprint density at radius 2 is 2.00 bits per heavy atom. The summed E-state index contributed by atoms with van der Waals surface area (Å²) in [6, 6.07) is 0.